The zero-order valence-corrected chi connectivity index (χ0v) is 59.6. The first kappa shape index (κ1) is 85.4. The van der Waals surface area contributed by atoms with Crippen LogP contribution in [0.4, 0.5) is 0 Å². The second kappa shape index (κ2) is 68.8. The van der Waals surface area contributed by atoms with Crippen LogP contribution in [-0.2, 0) is 18.4 Å². The monoisotopic (exact) mass is 1250 g/mol. The van der Waals surface area contributed by atoms with E-state index in [-0.39, 0.29) is 19.1 Å². The summed E-state index contributed by atoms with van der Waals surface area (Å²) in [5.74, 6) is -0.186. The van der Waals surface area contributed by atoms with Crippen LogP contribution >= 0.6 is 7.82 Å². The first-order chi connectivity index (χ1) is 43.0. The molecule has 0 bridgehead atoms. The molecular formula is C79H146N2O6P+. The van der Waals surface area contributed by atoms with E-state index in [1.165, 1.54) is 250 Å². The van der Waals surface area contributed by atoms with Gasteiger partial charge in [0.15, 0.2) is 0 Å². The third-order valence-corrected chi connectivity index (χ3v) is 17.7. The third-order valence-electron chi connectivity index (χ3n) is 16.8. The minimum Gasteiger partial charge on any atom is -0.387 e. The van der Waals surface area contributed by atoms with Crippen LogP contribution in [0.3, 0.4) is 0 Å². The fourth-order valence-corrected chi connectivity index (χ4v) is 11.7. The molecule has 0 aliphatic heterocycles. The molecule has 0 aromatic carbocycles. The number of carbonyl (C=O) groups is 1. The highest BCUT2D eigenvalue weighted by molar-refractivity contribution is 7.47. The number of amides is 1. The Bertz CT molecular complexity index is 1760. The van der Waals surface area contributed by atoms with E-state index >= 15 is 0 Å². The Labute approximate surface area is 547 Å². The van der Waals surface area contributed by atoms with Gasteiger partial charge in [0.1, 0.15) is 13.2 Å². The summed E-state index contributed by atoms with van der Waals surface area (Å²) >= 11 is 0. The molecule has 0 spiro atoms. The number of phosphoric ester groups is 1. The van der Waals surface area contributed by atoms with Crippen molar-refractivity contribution in [3.05, 3.63) is 97.2 Å². The lowest BCUT2D eigenvalue weighted by Crippen LogP contribution is -2.45. The molecule has 0 aromatic rings. The summed E-state index contributed by atoms with van der Waals surface area (Å²) in [6, 6.07) is -0.874. The van der Waals surface area contributed by atoms with Gasteiger partial charge in [-0.25, -0.2) is 4.57 Å². The Morgan fingerprint density at radius 1 is 0.398 bits per heavy atom. The van der Waals surface area contributed by atoms with Gasteiger partial charge in [-0.1, -0.05) is 349 Å². The first-order valence-electron chi connectivity index (χ1n) is 37.6. The number of likely N-dealkylation sites (N-methyl/N-ethyl adjacent to an activating group) is 1. The molecule has 0 aliphatic carbocycles. The second-order valence-corrected chi connectivity index (χ2v) is 28.1. The highest BCUT2D eigenvalue weighted by Gasteiger charge is 2.28. The van der Waals surface area contributed by atoms with E-state index < -0.39 is 20.0 Å². The van der Waals surface area contributed by atoms with Gasteiger partial charge in [-0.3, -0.25) is 13.8 Å². The summed E-state index contributed by atoms with van der Waals surface area (Å²) in [6.07, 6.45) is 100. The van der Waals surface area contributed by atoms with Gasteiger partial charge >= 0.3 is 7.82 Å². The number of quaternary nitrogens is 1. The molecule has 512 valence electrons. The summed E-state index contributed by atoms with van der Waals surface area (Å²) in [6.45, 7) is 4.71. The van der Waals surface area contributed by atoms with Gasteiger partial charge < -0.3 is 19.8 Å². The Morgan fingerprint density at radius 3 is 1.05 bits per heavy atom. The van der Waals surface area contributed by atoms with Crippen molar-refractivity contribution in [2.24, 2.45) is 0 Å². The fourth-order valence-electron chi connectivity index (χ4n) is 11.0. The molecule has 88 heavy (non-hydrogen) atoms. The zero-order chi connectivity index (χ0) is 64.1. The molecule has 0 radical (unpaired) electrons. The Kier molecular flexibility index (Phi) is 66.8. The van der Waals surface area contributed by atoms with Crippen molar-refractivity contribution < 1.29 is 32.9 Å². The van der Waals surface area contributed by atoms with Crippen molar-refractivity contribution in [2.45, 2.75) is 360 Å². The van der Waals surface area contributed by atoms with E-state index in [1.807, 2.05) is 27.2 Å². The average Bonchev–Trinajstić information content (AvgIpc) is 3.71. The maximum atomic E-state index is 13.1. The molecule has 0 saturated carbocycles. The normalized spacial score (nSPS) is 14.1. The SMILES string of the molecule is CC/C=C\C/C=C\C/C=C\C/C=C\C/C=C\CCCCCCCCCCCCCCCCCCCCCCCCCCCC(=O)NC(COP(=O)(O)OCC[N+](C)(C)C)C(O)/C=C/CC/C=C/CC/C=C/CCCCCCCCCCCCCCCCC. The van der Waals surface area contributed by atoms with Gasteiger partial charge in [-0.2, -0.15) is 0 Å². The summed E-state index contributed by atoms with van der Waals surface area (Å²) in [5, 5.41) is 14.0. The largest absolute Gasteiger partial charge is 0.472 e. The van der Waals surface area contributed by atoms with Gasteiger partial charge in [0.25, 0.3) is 0 Å². The van der Waals surface area contributed by atoms with E-state index in [0.717, 1.165) is 77.0 Å². The van der Waals surface area contributed by atoms with Crippen molar-refractivity contribution in [1.29, 1.82) is 0 Å². The summed E-state index contributed by atoms with van der Waals surface area (Å²) in [5.41, 5.74) is 0. The van der Waals surface area contributed by atoms with Crippen LogP contribution in [0.15, 0.2) is 97.2 Å². The molecule has 0 heterocycles. The number of allylic oxidation sites excluding steroid dienone is 15. The van der Waals surface area contributed by atoms with E-state index in [9.17, 15) is 19.4 Å². The standard InChI is InChI=1S/C79H145N2O6P/c1-6-8-10-12-14-16-18-20-22-24-26-28-30-32-33-34-35-36-37-38-39-40-41-42-43-44-45-46-47-49-51-53-55-57-59-61-63-65-67-69-71-73-79(83)80-77(76-87-88(84,85)86-75-74-81(3,4)5)78(82)72-70-68-66-64-62-60-58-56-54-52-50-48-31-29-27-25-23-21-19-17-15-13-11-9-7-2/h8,10,14,16,20,22,26,28,32-33,54,56,62,64,70,72,77-78,82H,6-7,9,11-13,15,17-19,21,23-25,27,29-31,34-53,55,57-61,63,65-69,71,73-76H2,1-5H3,(H-,80,83,84,85)/p+1/b10-8-,16-14-,22-20-,28-26-,33-32-,56-54+,64-62+,72-70+. The predicted molar refractivity (Wildman–Crippen MR) is 387 cm³/mol. The van der Waals surface area contributed by atoms with Crippen LogP contribution < -0.4 is 5.32 Å². The van der Waals surface area contributed by atoms with Gasteiger partial charge in [0.05, 0.1) is 39.9 Å². The molecule has 3 atom stereocenters. The van der Waals surface area contributed by atoms with Crippen LogP contribution in [0, 0.1) is 0 Å². The average molecular weight is 1250 g/mol. The van der Waals surface area contributed by atoms with Crippen LogP contribution in [0.5, 0.6) is 0 Å². The highest BCUT2D eigenvalue weighted by atomic mass is 31.2. The summed E-state index contributed by atoms with van der Waals surface area (Å²) in [7, 11) is 1.55. The number of nitrogens with one attached hydrogen (secondary N) is 1. The summed E-state index contributed by atoms with van der Waals surface area (Å²) < 4.78 is 23.8. The maximum absolute atomic E-state index is 13.1. The van der Waals surface area contributed by atoms with Gasteiger partial charge in [-0.05, 0) is 89.9 Å². The molecule has 0 saturated heterocycles. The lowest BCUT2D eigenvalue weighted by Gasteiger charge is -2.25. The van der Waals surface area contributed by atoms with Crippen LogP contribution in [0.1, 0.15) is 348 Å². The number of hydrogen-bond acceptors (Lipinski definition) is 5. The first-order valence-corrected chi connectivity index (χ1v) is 39.1. The topological polar surface area (TPSA) is 105 Å². The fraction of sp³-hybridized carbons (Fsp3) is 0.785. The lowest BCUT2D eigenvalue weighted by atomic mass is 10.0. The molecule has 1 amide bonds. The van der Waals surface area contributed by atoms with E-state index in [0.29, 0.717) is 17.4 Å². The van der Waals surface area contributed by atoms with Gasteiger partial charge in [0, 0.05) is 6.42 Å². The number of hydrogen-bond donors (Lipinski definition) is 3. The van der Waals surface area contributed by atoms with Crippen molar-refractivity contribution in [3.63, 3.8) is 0 Å². The summed E-state index contributed by atoms with van der Waals surface area (Å²) in [4.78, 5) is 23.4. The molecule has 3 unspecified atom stereocenters. The minimum atomic E-state index is -4.37. The smallest absolute Gasteiger partial charge is 0.387 e. The number of phosphoric acid groups is 1. The zero-order valence-electron chi connectivity index (χ0n) is 58.7. The minimum absolute atomic E-state index is 0.0526. The number of rotatable bonds is 69. The van der Waals surface area contributed by atoms with Crippen molar-refractivity contribution in [1.82, 2.24) is 5.32 Å². The molecule has 0 aromatic heterocycles. The predicted octanol–water partition coefficient (Wildman–Crippen LogP) is 24.4. The Balaban J connectivity index is 3.99. The van der Waals surface area contributed by atoms with Crippen molar-refractivity contribution in [2.75, 3.05) is 40.9 Å². The lowest BCUT2D eigenvalue weighted by molar-refractivity contribution is -0.870. The number of aliphatic hydroxyl groups excluding tert-OH is 1. The molecule has 3 N–H and O–H groups in total. The van der Waals surface area contributed by atoms with E-state index in [1.54, 1.807) is 6.08 Å². The maximum Gasteiger partial charge on any atom is 0.472 e. The van der Waals surface area contributed by atoms with Crippen LogP contribution in [-0.4, -0.2) is 73.4 Å². The molecule has 0 rings (SSSR count). The quantitative estimate of drug-likeness (QED) is 0.0243. The highest BCUT2D eigenvalue weighted by Crippen LogP contribution is 2.43. The molecular weight excluding hydrogens is 1100 g/mol. The van der Waals surface area contributed by atoms with Gasteiger partial charge in [-0.15, -0.1) is 0 Å². The second-order valence-electron chi connectivity index (χ2n) is 26.6. The Morgan fingerprint density at radius 2 is 0.693 bits per heavy atom. The molecule has 8 nitrogen and oxygen atoms in total. The van der Waals surface area contributed by atoms with Gasteiger partial charge in [0.2, 0.25) is 5.91 Å². The van der Waals surface area contributed by atoms with E-state index in [2.05, 4.69) is 104 Å². The number of carbonyl (C=O) groups excluding carboxylic acids is 1. The molecule has 0 aliphatic rings. The van der Waals surface area contributed by atoms with Crippen LogP contribution in [0.25, 0.3) is 0 Å². The van der Waals surface area contributed by atoms with Crippen molar-refractivity contribution >= 4 is 13.7 Å². The van der Waals surface area contributed by atoms with Crippen molar-refractivity contribution in [3.8, 4) is 0 Å². The molecule has 9 heteroatoms. The third kappa shape index (κ3) is 70.9. The Hall–Kier alpha value is -2.58. The van der Waals surface area contributed by atoms with E-state index in [4.69, 9.17) is 9.05 Å². The number of aliphatic hydroxyl groups is 1. The molecule has 0 fully saturated rings. The number of unbranched alkanes of at least 4 members (excludes halogenated alkanes) is 42. The number of nitrogens with zero attached hydrogens (tertiary/aromatic N) is 1. The van der Waals surface area contributed by atoms with Crippen LogP contribution in [0.2, 0.25) is 0 Å².